The quantitative estimate of drug-likeness (QED) is 0.607. The van der Waals surface area contributed by atoms with Gasteiger partial charge in [-0.3, -0.25) is 0 Å². The van der Waals surface area contributed by atoms with Crippen molar-refractivity contribution in [3.8, 4) is 0 Å². The van der Waals surface area contributed by atoms with Crippen LogP contribution in [0.5, 0.6) is 0 Å². The number of rotatable bonds is 1. The lowest BCUT2D eigenvalue weighted by Crippen LogP contribution is -1.72. The summed E-state index contributed by atoms with van der Waals surface area (Å²) in [4.78, 5) is 3.90. The lowest BCUT2D eigenvalue weighted by molar-refractivity contribution is 1.09. The molecule has 0 fully saturated rings. The molecular weight excluding hydrogens is 144 g/mol. The zero-order valence-corrected chi connectivity index (χ0v) is 5.96. The first-order valence-corrected chi connectivity index (χ1v) is 3.46. The third-order valence-corrected chi connectivity index (χ3v) is 1.87. The number of halogens is 1. The van der Waals surface area contributed by atoms with Crippen LogP contribution in [-0.4, -0.2) is 9.36 Å². The van der Waals surface area contributed by atoms with E-state index in [9.17, 15) is 0 Å². The van der Waals surface area contributed by atoms with Crippen LogP contribution in [0.4, 0.5) is 0 Å². The lowest BCUT2D eigenvalue weighted by Gasteiger charge is -1.75. The molecule has 8 heavy (non-hydrogen) atoms. The molecule has 0 aliphatic heterocycles. The van der Waals surface area contributed by atoms with Crippen LogP contribution in [0, 0.1) is 0 Å². The lowest BCUT2D eigenvalue weighted by atomic mass is 10.5. The van der Waals surface area contributed by atoms with Gasteiger partial charge in [0.15, 0.2) is 0 Å². The van der Waals surface area contributed by atoms with Gasteiger partial charge in [0.25, 0.3) is 0 Å². The Morgan fingerprint density at radius 1 is 1.75 bits per heavy atom. The van der Waals surface area contributed by atoms with Crippen molar-refractivity contribution in [2.24, 2.45) is 0 Å². The second-order valence-electron chi connectivity index (χ2n) is 1.31. The summed E-state index contributed by atoms with van der Waals surface area (Å²) in [5, 5.41) is 1.36. The van der Waals surface area contributed by atoms with Gasteiger partial charge >= 0.3 is 0 Å². The third-order valence-electron chi connectivity index (χ3n) is 0.746. The molecular formula is C4H5ClN2S. The molecule has 44 valence electrons. The summed E-state index contributed by atoms with van der Waals surface area (Å²) in [6.45, 7) is 2.02. The molecule has 0 radical (unpaired) electrons. The topological polar surface area (TPSA) is 25.8 Å². The molecule has 0 aliphatic carbocycles. The van der Waals surface area contributed by atoms with Gasteiger partial charge in [0.1, 0.15) is 5.01 Å². The Morgan fingerprint density at radius 2 is 2.50 bits per heavy atom. The molecule has 0 saturated carbocycles. The number of aromatic nitrogens is 2. The monoisotopic (exact) mass is 148 g/mol. The van der Waals surface area contributed by atoms with E-state index in [1.807, 2.05) is 6.92 Å². The minimum atomic E-state index is 0.367. The van der Waals surface area contributed by atoms with Crippen LogP contribution in [0.2, 0.25) is 5.28 Å². The van der Waals surface area contributed by atoms with Crippen LogP contribution < -0.4 is 0 Å². The van der Waals surface area contributed by atoms with Gasteiger partial charge in [0, 0.05) is 0 Å². The molecule has 0 amide bonds. The molecule has 0 bridgehead atoms. The normalized spacial score (nSPS) is 9.75. The first-order chi connectivity index (χ1) is 3.83. The molecule has 0 N–H and O–H groups in total. The zero-order valence-electron chi connectivity index (χ0n) is 4.39. The summed E-state index contributed by atoms with van der Waals surface area (Å²) in [6, 6.07) is 0. The molecule has 0 unspecified atom stereocenters. The maximum absolute atomic E-state index is 5.43. The summed E-state index contributed by atoms with van der Waals surface area (Å²) in [5.74, 6) is 0. The molecule has 0 saturated heterocycles. The van der Waals surface area contributed by atoms with E-state index in [1.54, 1.807) is 0 Å². The molecule has 0 atom stereocenters. The van der Waals surface area contributed by atoms with E-state index in [0.717, 1.165) is 11.4 Å². The zero-order chi connectivity index (χ0) is 5.98. The third kappa shape index (κ3) is 1.17. The Balaban J connectivity index is 2.84. The fourth-order valence-electron chi connectivity index (χ4n) is 0.378. The van der Waals surface area contributed by atoms with Gasteiger partial charge in [-0.1, -0.05) is 6.92 Å². The van der Waals surface area contributed by atoms with E-state index in [2.05, 4.69) is 9.36 Å². The van der Waals surface area contributed by atoms with E-state index in [0.29, 0.717) is 5.28 Å². The fourth-order valence-corrected chi connectivity index (χ4v) is 1.11. The molecule has 1 heterocycles. The van der Waals surface area contributed by atoms with Crippen LogP contribution in [0.1, 0.15) is 11.9 Å². The number of hydrogen-bond acceptors (Lipinski definition) is 3. The van der Waals surface area contributed by atoms with Gasteiger partial charge in [-0.15, -0.1) is 0 Å². The Bertz CT molecular complexity index is 174. The predicted molar refractivity (Wildman–Crippen MR) is 34.3 cm³/mol. The molecule has 0 aliphatic rings. The van der Waals surface area contributed by atoms with Crippen LogP contribution >= 0.6 is 23.1 Å². The van der Waals surface area contributed by atoms with Crippen molar-refractivity contribution in [2.75, 3.05) is 0 Å². The number of hydrogen-bond donors (Lipinski definition) is 0. The van der Waals surface area contributed by atoms with Gasteiger partial charge in [-0.25, -0.2) is 4.98 Å². The van der Waals surface area contributed by atoms with Crippen molar-refractivity contribution >= 4 is 23.1 Å². The first kappa shape index (κ1) is 5.98. The van der Waals surface area contributed by atoms with Crippen molar-refractivity contribution in [3.05, 3.63) is 10.3 Å². The minimum absolute atomic E-state index is 0.367. The van der Waals surface area contributed by atoms with Gasteiger partial charge < -0.3 is 0 Å². The highest BCUT2D eigenvalue weighted by Crippen LogP contribution is 2.08. The molecule has 2 nitrogen and oxygen atoms in total. The average molecular weight is 149 g/mol. The predicted octanol–water partition coefficient (Wildman–Crippen LogP) is 1.75. The Hall–Kier alpha value is -0.150. The maximum atomic E-state index is 5.43. The van der Waals surface area contributed by atoms with Gasteiger partial charge in [-0.05, 0) is 29.6 Å². The molecule has 4 heteroatoms. The summed E-state index contributed by atoms with van der Waals surface area (Å²) in [7, 11) is 0. The molecule has 0 spiro atoms. The Labute approximate surface area is 56.7 Å². The Kier molecular flexibility index (Phi) is 1.81. The minimum Gasteiger partial charge on any atom is -0.210 e. The number of aryl methyl sites for hydroxylation is 1. The molecule has 1 aromatic heterocycles. The SMILES string of the molecule is CCc1nc(Cl)ns1. The van der Waals surface area contributed by atoms with E-state index in [4.69, 9.17) is 11.6 Å². The molecule has 1 rings (SSSR count). The highest BCUT2D eigenvalue weighted by Gasteiger charge is 1.95. The van der Waals surface area contributed by atoms with E-state index in [-0.39, 0.29) is 0 Å². The molecule has 1 aromatic rings. The second kappa shape index (κ2) is 2.42. The fraction of sp³-hybridized carbons (Fsp3) is 0.500. The van der Waals surface area contributed by atoms with Crippen molar-refractivity contribution in [1.29, 1.82) is 0 Å². The van der Waals surface area contributed by atoms with Gasteiger partial charge in [0.2, 0.25) is 5.28 Å². The summed E-state index contributed by atoms with van der Waals surface area (Å²) in [6.07, 6.45) is 0.921. The Morgan fingerprint density at radius 3 is 2.75 bits per heavy atom. The van der Waals surface area contributed by atoms with Crippen molar-refractivity contribution < 1.29 is 0 Å². The van der Waals surface area contributed by atoms with Gasteiger partial charge in [0.05, 0.1) is 0 Å². The summed E-state index contributed by atoms with van der Waals surface area (Å²) < 4.78 is 3.78. The van der Waals surface area contributed by atoms with Crippen LogP contribution in [0.3, 0.4) is 0 Å². The van der Waals surface area contributed by atoms with E-state index >= 15 is 0 Å². The highest BCUT2D eigenvalue weighted by molar-refractivity contribution is 7.05. The summed E-state index contributed by atoms with van der Waals surface area (Å²) in [5.41, 5.74) is 0. The van der Waals surface area contributed by atoms with Crippen LogP contribution in [0.25, 0.3) is 0 Å². The average Bonchev–Trinajstić information content (AvgIpc) is 2.14. The van der Waals surface area contributed by atoms with E-state index < -0.39 is 0 Å². The standard InChI is InChI=1S/C4H5ClN2S/c1-2-3-6-4(5)7-8-3/h2H2,1H3. The van der Waals surface area contributed by atoms with Crippen molar-refractivity contribution in [2.45, 2.75) is 13.3 Å². The highest BCUT2D eigenvalue weighted by atomic mass is 35.5. The largest absolute Gasteiger partial charge is 0.234 e. The second-order valence-corrected chi connectivity index (χ2v) is 2.49. The van der Waals surface area contributed by atoms with Gasteiger partial charge in [-0.2, -0.15) is 4.37 Å². The van der Waals surface area contributed by atoms with Crippen molar-refractivity contribution in [3.63, 3.8) is 0 Å². The van der Waals surface area contributed by atoms with E-state index in [1.165, 1.54) is 11.5 Å². The number of nitrogens with zero attached hydrogens (tertiary/aromatic N) is 2. The smallest absolute Gasteiger partial charge is 0.210 e. The molecule has 0 aromatic carbocycles. The van der Waals surface area contributed by atoms with Crippen molar-refractivity contribution in [1.82, 2.24) is 9.36 Å². The van der Waals surface area contributed by atoms with Crippen LogP contribution in [0.15, 0.2) is 0 Å². The maximum Gasteiger partial charge on any atom is 0.234 e. The first-order valence-electron chi connectivity index (χ1n) is 2.31. The van der Waals surface area contributed by atoms with Crippen LogP contribution in [-0.2, 0) is 6.42 Å². The summed E-state index contributed by atoms with van der Waals surface area (Å²) >= 11 is 6.78.